The Bertz CT molecular complexity index is 114. The van der Waals surface area contributed by atoms with Crippen LogP contribution in [0.4, 0.5) is 4.79 Å². The molecule has 0 unspecified atom stereocenters. The monoisotopic (exact) mass is 175 g/mol. The number of ether oxygens (including phenoxy) is 2. The molecule has 0 rings (SSSR count). The normalized spacial score (nSPS) is 9.75. The van der Waals surface area contributed by atoms with Crippen LogP contribution in [0.15, 0.2) is 0 Å². The van der Waals surface area contributed by atoms with Gasteiger partial charge in [0.15, 0.2) is 0 Å². The van der Waals surface area contributed by atoms with Crippen LogP contribution in [-0.2, 0) is 14.6 Å². The van der Waals surface area contributed by atoms with Crippen molar-refractivity contribution in [3.63, 3.8) is 0 Å². The first kappa shape index (κ1) is 11.2. The maximum Gasteiger partial charge on any atom is 0.550 e. The zero-order valence-electron chi connectivity index (χ0n) is 7.38. The van der Waals surface area contributed by atoms with Crippen molar-refractivity contribution in [2.24, 2.45) is 0 Å². The van der Waals surface area contributed by atoms with Gasteiger partial charge in [-0.3, -0.25) is 0 Å². The molecule has 0 atom stereocenters. The van der Waals surface area contributed by atoms with Crippen LogP contribution < -0.4 is 0 Å². The lowest BCUT2D eigenvalue weighted by atomic mass is 10.3. The highest BCUT2D eigenvalue weighted by Crippen LogP contribution is 1.93. The van der Waals surface area contributed by atoms with Crippen LogP contribution in [0.25, 0.3) is 0 Å². The van der Waals surface area contributed by atoms with Crippen molar-refractivity contribution in [1.29, 1.82) is 0 Å². The molecule has 0 aromatic carbocycles. The van der Waals surface area contributed by atoms with E-state index in [0.29, 0.717) is 13.2 Å². The van der Waals surface area contributed by atoms with Crippen molar-refractivity contribution in [3.05, 3.63) is 0 Å². The standard InChI is InChI=1S/C8H15O4/c1-2-3-4-5-11-6-7-12-8(9)10/h2-7H2,1H3. The average molecular weight is 175 g/mol. The third-order valence-corrected chi connectivity index (χ3v) is 1.34. The highest BCUT2D eigenvalue weighted by Gasteiger charge is 1.97. The second-order valence-corrected chi connectivity index (χ2v) is 2.42. The first-order valence-corrected chi connectivity index (χ1v) is 4.19. The Morgan fingerprint density at radius 2 is 1.92 bits per heavy atom. The summed E-state index contributed by atoms with van der Waals surface area (Å²) in [5.41, 5.74) is 0. The molecule has 0 aliphatic heterocycles. The SMILES string of the molecule is CCCCCOCCOC([O])=O. The van der Waals surface area contributed by atoms with E-state index in [1.165, 1.54) is 0 Å². The Morgan fingerprint density at radius 1 is 1.17 bits per heavy atom. The molecule has 0 spiro atoms. The van der Waals surface area contributed by atoms with Crippen molar-refractivity contribution in [1.82, 2.24) is 0 Å². The summed E-state index contributed by atoms with van der Waals surface area (Å²) in [6.07, 6.45) is 1.81. The summed E-state index contributed by atoms with van der Waals surface area (Å²) in [5.74, 6) is 0. The molecule has 0 aliphatic carbocycles. The van der Waals surface area contributed by atoms with E-state index < -0.39 is 6.16 Å². The van der Waals surface area contributed by atoms with Crippen molar-refractivity contribution in [2.75, 3.05) is 19.8 Å². The predicted molar refractivity (Wildman–Crippen MR) is 42.4 cm³/mol. The predicted octanol–water partition coefficient (Wildman–Crippen LogP) is 1.76. The van der Waals surface area contributed by atoms with E-state index in [4.69, 9.17) is 4.74 Å². The van der Waals surface area contributed by atoms with Gasteiger partial charge in [0.2, 0.25) is 0 Å². The van der Waals surface area contributed by atoms with Crippen molar-refractivity contribution in [2.45, 2.75) is 26.2 Å². The van der Waals surface area contributed by atoms with Crippen LogP contribution in [-0.4, -0.2) is 26.0 Å². The van der Waals surface area contributed by atoms with Gasteiger partial charge in [-0.1, -0.05) is 19.8 Å². The Morgan fingerprint density at radius 3 is 2.50 bits per heavy atom. The van der Waals surface area contributed by atoms with E-state index in [0.717, 1.165) is 19.3 Å². The van der Waals surface area contributed by atoms with Gasteiger partial charge in [0, 0.05) is 6.61 Å². The first-order valence-electron chi connectivity index (χ1n) is 4.19. The molecule has 0 saturated carbocycles. The summed E-state index contributed by atoms with van der Waals surface area (Å²) in [6, 6.07) is 0. The third kappa shape index (κ3) is 9.23. The summed E-state index contributed by atoms with van der Waals surface area (Å²) in [5, 5.41) is 9.75. The number of carbonyl (C=O) groups is 1. The van der Waals surface area contributed by atoms with Gasteiger partial charge in [-0.2, -0.15) is 9.90 Å². The molecule has 12 heavy (non-hydrogen) atoms. The molecular weight excluding hydrogens is 160 g/mol. The summed E-state index contributed by atoms with van der Waals surface area (Å²) in [4.78, 5) is 9.75. The van der Waals surface area contributed by atoms with Crippen LogP contribution in [0.3, 0.4) is 0 Å². The fourth-order valence-electron chi connectivity index (χ4n) is 0.740. The molecule has 0 bridgehead atoms. The maximum atomic E-state index is 9.75. The number of unbranched alkanes of at least 4 members (excludes halogenated alkanes) is 2. The number of carbonyl (C=O) groups excluding carboxylic acids is 1. The Kier molecular flexibility index (Phi) is 7.79. The third-order valence-electron chi connectivity index (χ3n) is 1.34. The molecule has 1 radical (unpaired) electrons. The Balaban J connectivity index is 2.86. The minimum atomic E-state index is -1.49. The van der Waals surface area contributed by atoms with Crippen molar-refractivity contribution >= 4 is 6.16 Å². The zero-order chi connectivity index (χ0) is 9.23. The fraction of sp³-hybridized carbons (Fsp3) is 0.875. The summed E-state index contributed by atoms with van der Waals surface area (Å²) in [7, 11) is 0. The summed E-state index contributed by atoms with van der Waals surface area (Å²) >= 11 is 0. The molecule has 0 amide bonds. The molecule has 0 saturated heterocycles. The summed E-state index contributed by atoms with van der Waals surface area (Å²) in [6.45, 7) is 3.16. The molecule has 0 aliphatic rings. The number of hydrogen-bond donors (Lipinski definition) is 0. The maximum absolute atomic E-state index is 9.75. The lowest BCUT2D eigenvalue weighted by molar-refractivity contribution is 0.0333. The molecule has 71 valence electrons. The van der Waals surface area contributed by atoms with Crippen LogP contribution in [0.1, 0.15) is 26.2 Å². The van der Waals surface area contributed by atoms with Crippen molar-refractivity contribution < 1.29 is 19.4 Å². The highest BCUT2D eigenvalue weighted by molar-refractivity contribution is 5.56. The van der Waals surface area contributed by atoms with E-state index in [9.17, 15) is 9.90 Å². The topological polar surface area (TPSA) is 55.4 Å². The molecular formula is C8H15O4. The van der Waals surface area contributed by atoms with E-state index in [1.807, 2.05) is 0 Å². The largest absolute Gasteiger partial charge is 0.550 e. The first-order chi connectivity index (χ1) is 5.77. The lowest BCUT2D eigenvalue weighted by Crippen LogP contribution is -2.07. The van der Waals surface area contributed by atoms with Crippen molar-refractivity contribution in [3.8, 4) is 0 Å². The van der Waals surface area contributed by atoms with E-state index >= 15 is 0 Å². The van der Waals surface area contributed by atoms with E-state index in [1.54, 1.807) is 0 Å². The minimum absolute atomic E-state index is 0.0639. The van der Waals surface area contributed by atoms with Gasteiger partial charge in [0.05, 0.1) is 6.61 Å². The van der Waals surface area contributed by atoms with Gasteiger partial charge < -0.3 is 9.47 Å². The smallest absolute Gasteiger partial charge is 0.429 e. The lowest BCUT2D eigenvalue weighted by Gasteiger charge is -2.01. The van der Waals surface area contributed by atoms with Gasteiger partial charge in [0.1, 0.15) is 6.61 Å². The van der Waals surface area contributed by atoms with Crippen LogP contribution in [0, 0.1) is 0 Å². The second-order valence-electron chi connectivity index (χ2n) is 2.42. The van der Waals surface area contributed by atoms with Crippen LogP contribution >= 0.6 is 0 Å². The van der Waals surface area contributed by atoms with Gasteiger partial charge in [-0.05, 0) is 6.42 Å². The van der Waals surface area contributed by atoms with Gasteiger partial charge in [-0.25, -0.2) is 0 Å². The Hall–Kier alpha value is -0.770. The molecule has 0 N–H and O–H groups in total. The average Bonchev–Trinajstić information content (AvgIpc) is 2.02. The number of hydrogen-bond acceptors (Lipinski definition) is 3. The summed E-state index contributed by atoms with van der Waals surface area (Å²) < 4.78 is 9.20. The zero-order valence-corrected chi connectivity index (χ0v) is 7.38. The molecule has 4 heteroatoms. The molecule has 0 heterocycles. The molecule has 0 aromatic heterocycles. The van der Waals surface area contributed by atoms with E-state index in [2.05, 4.69) is 11.7 Å². The molecule has 0 aromatic rings. The molecule has 0 fully saturated rings. The molecule has 4 nitrogen and oxygen atoms in total. The number of rotatable bonds is 7. The van der Waals surface area contributed by atoms with Gasteiger partial charge in [0.25, 0.3) is 0 Å². The minimum Gasteiger partial charge on any atom is -0.429 e. The van der Waals surface area contributed by atoms with Crippen LogP contribution in [0.2, 0.25) is 0 Å². The van der Waals surface area contributed by atoms with Crippen LogP contribution in [0.5, 0.6) is 0 Å². The fourth-order valence-corrected chi connectivity index (χ4v) is 0.740. The highest BCUT2D eigenvalue weighted by atomic mass is 16.7. The quantitative estimate of drug-likeness (QED) is 0.437. The van der Waals surface area contributed by atoms with E-state index in [-0.39, 0.29) is 6.61 Å². The second kappa shape index (κ2) is 8.33. The van der Waals surface area contributed by atoms with Gasteiger partial charge >= 0.3 is 6.16 Å². The van der Waals surface area contributed by atoms with Gasteiger partial charge in [-0.15, -0.1) is 0 Å². The Labute approximate surface area is 72.5 Å².